The minimum Gasteiger partial charge on any atom is -0.459 e. The van der Waals surface area contributed by atoms with Crippen LogP contribution in [0.2, 0.25) is 6.04 Å². The third-order valence-electron chi connectivity index (χ3n) is 5.96. The van der Waals surface area contributed by atoms with Crippen molar-refractivity contribution in [3.05, 3.63) is 24.3 Å². The van der Waals surface area contributed by atoms with E-state index in [9.17, 15) is 14.7 Å². The van der Waals surface area contributed by atoms with Crippen LogP contribution >= 0.6 is 0 Å². The molecule has 3 aliphatic rings. The second-order valence-corrected chi connectivity index (χ2v) is 10.7. The number of carbonyl (C=O) groups is 2. The molecule has 5 unspecified atom stereocenters. The molecular formula is C21H33NO8Si. The predicted octanol–water partition coefficient (Wildman–Crippen LogP) is 1.25. The fourth-order valence-electron chi connectivity index (χ4n) is 4.70. The lowest BCUT2D eigenvalue weighted by molar-refractivity contribution is -0.153. The number of hydrogen-bond acceptors (Lipinski definition) is 8. The SMILES string of the molecule is C=C(C)C(=O)OCC12C=CC(O1)C1C(O)N(CC[Si](OCC)(OCC)OCC)C(=O)C12. The van der Waals surface area contributed by atoms with Crippen molar-refractivity contribution < 1.29 is 37.4 Å². The van der Waals surface area contributed by atoms with Gasteiger partial charge in [-0.05, 0) is 27.7 Å². The number of hydrogen-bond donors (Lipinski definition) is 1. The minimum atomic E-state index is -2.97. The third kappa shape index (κ3) is 4.37. The number of fused-ring (bicyclic) bond motifs is 5. The highest BCUT2D eigenvalue weighted by Gasteiger charge is 2.67. The number of nitrogens with zero attached hydrogens (tertiary/aromatic N) is 1. The van der Waals surface area contributed by atoms with Gasteiger partial charge in [0, 0.05) is 43.9 Å². The lowest BCUT2D eigenvalue weighted by atomic mass is 9.77. The largest absolute Gasteiger partial charge is 0.502 e. The molecule has 0 aliphatic carbocycles. The molecule has 5 atom stereocenters. The molecule has 0 radical (unpaired) electrons. The van der Waals surface area contributed by atoms with Gasteiger partial charge in [0.05, 0.1) is 12.0 Å². The first-order valence-electron chi connectivity index (χ1n) is 10.8. The van der Waals surface area contributed by atoms with Crippen molar-refractivity contribution >= 4 is 20.7 Å². The molecule has 2 bridgehead atoms. The molecule has 3 heterocycles. The molecule has 10 heteroatoms. The van der Waals surface area contributed by atoms with E-state index in [1.54, 1.807) is 13.0 Å². The van der Waals surface area contributed by atoms with Crippen molar-refractivity contribution in [2.24, 2.45) is 11.8 Å². The van der Waals surface area contributed by atoms with Crippen molar-refractivity contribution in [2.75, 3.05) is 33.0 Å². The molecule has 31 heavy (non-hydrogen) atoms. The van der Waals surface area contributed by atoms with Crippen LogP contribution in [-0.2, 0) is 32.3 Å². The zero-order valence-corrected chi connectivity index (χ0v) is 19.7. The van der Waals surface area contributed by atoms with Crippen LogP contribution in [0.5, 0.6) is 0 Å². The predicted molar refractivity (Wildman–Crippen MR) is 113 cm³/mol. The van der Waals surface area contributed by atoms with E-state index in [2.05, 4.69) is 6.58 Å². The summed E-state index contributed by atoms with van der Waals surface area (Å²) in [5.74, 6) is -1.83. The van der Waals surface area contributed by atoms with Crippen molar-refractivity contribution in [3.63, 3.8) is 0 Å². The Bertz CT molecular complexity index is 726. The van der Waals surface area contributed by atoms with Crippen LogP contribution in [0.15, 0.2) is 24.3 Å². The standard InChI is InChI=1S/C21H33NO8Si/c1-6-27-31(28-7-2,29-8-3)12-11-22-18(23)16-15-9-10-21(30-15,17(16)19(22)24)13-26-20(25)14(4)5/h9-10,15-18,23H,4,6-8,11-13H2,1-3,5H3. The lowest BCUT2D eigenvalue weighted by Gasteiger charge is -2.32. The summed E-state index contributed by atoms with van der Waals surface area (Å²) in [7, 11) is -2.97. The average molecular weight is 456 g/mol. The summed E-state index contributed by atoms with van der Waals surface area (Å²) in [6.45, 7) is 12.2. The first-order valence-corrected chi connectivity index (χ1v) is 12.8. The highest BCUT2D eigenvalue weighted by Crippen LogP contribution is 2.53. The van der Waals surface area contributed by atoms with Crippen LogP contribution < -0.4 is 0 Å². The van der Waals surface area contributed by atoms with Gasteiger partial charge in [-0.25, -0.2) is 4.79 Å². The number of amides is 1. The Balaban J connectivity index is 1.74. The summed E-state index contributed by atoms with van der Waals surface area (Å²) < 4.78 is 28.9. The monoisotopic (exact) mass is 455 g/mol. The van der Waals surface area contributed by atoms with E-state index >= 15 is 0 Å². The van der Waals surface area contributed by atoms with E-state index in [1.807, 2.05) is 26.8 Å². The van der Waals surface area contributed by atoms with E-state index in [4.69, 9.17) is 22.8 Å². The molecule has 3 rings (SSSR count). The Kier molecular flexibility index (Phi) is 7.39. The van der Waals surface area contributed by atoms with Gasteiger partial charge in [-0.2, -0.15) is 0 Å². The normalized spacial score (nSPS) is 31.4. The highest BCUT2D eigenvalue weighted by molar-refractivity contribution is 6.60. The number of ether oxygens (including phenoxy) is 2. The van der Waals surface area contributed by atoms with Crippen molar-refractivity contribution in [2.45, 2.75) is 51.7 Å². The van der Waals surface area contributed by atoms with Gasteiger partial charge < -0.3 is 32.8 Å². The van der Waals surface area contributed by atoms with Crippen LogP contribution in [0.3, 0.4) is 0 Å². The molecule has 0 aromatic carbocycles. The molecule has 2 saturated heterocycles. The van der Waals surface area contributed by atoms with E-state index in [1.165, 1.54) is 4.90 Å². The maximum absolute atomic E-state index is 13.3. The summed E-state index contributed by atoms with van der Waals surface area (Å²) in [6, 6.07) is 0.376. The van der Waals surface area contributed by atoms with Gasteiger partial charge >= 0.3 is 14.8 Å². The summed E-state index contributed by atoms with van der Waals surface area (Å²) >= 11 is 0. The number of esters is 1. The van der Waals surface area contributed by atoms with Gasteiger partial charge in [0.25, 0.3) is 0 Å². The molecule has 3 aliphatic heterocycles. The summed E-state index contributed by atoms with van der Waals surface area (Å²) in [6.07, 6.45) is 2.18. The van der Waals surface area contributed by atoms with Crippen molar-refractivity contribution in [3.8, 4) is 0 Å². The number of likely N-dealkylation sites (tertiary alicyclic amines) is 1. The van der Waals surface area contributed by atoms with Gasteiger partial charge in [-0.15, -0.1) is 0 Å². The van der Waals surface area contributed by atoms with E-state index in [0.29, 0.717) is 25.9 Å². The van der Waals surface area contributed by atoms with Crippen LogP contribution in [0.4, 0.5) is 0 Å². The lowest BCUT2D eigenvalue weighted by Crippen LogP contribution is -2.50. The molecule has 1 N–H and O–H groups in total. The molecular weight excluding hydrogens is 422 g/mol. The topological polar surface area (TPSA) is 104 Å². The highest BCUT2D eigenvalue weighted by atomic mass is 28.4. The molecule has 9 nitrogen and oxygen atoms in total. The van der Waals surface area contributed by atoms with Gasteiger partial charge in [-0.3, -0.25) is 4.79 Å². The first kappa shape index (κ1) is 24.1. The zero-order valence-electron chi connectivity index (χ0n) is 18.7. The van der Waals surface area contributed by atoms with Crippen LogP contribution in [-0.4, -0.2) is 81.6 Å². The summed E-state index contributed by atoms with van der Waals surface area (Å²) in [4.78, 5) is 26.7. The first-order chi connectivity index (χ1) is 14.7. The summed E-state index contributed by atoms with van der Waals surface area (Å²) in [5, 5.41) is 11.0. The Morgan fingerprint density at radius 2 is 1.87 bits per heavy atom. The second-order valence-electron chi connectivity index (χ2n) is 7.99. The molecule has 2 fully saturated rings. The fraction of sp³-hybridized carbons (Fsp3) is 0.714. The maximum atomic E-state index is 13.3. The molecule has 0 saturated carbocycles. The quantitative estimate of drug-likeness (QED) is 0.203. The van der Waals surface area contributed by atoms with E-state index < -0.39 is 44.5 Å². The van der Waals surface area contributed by atoms with Crippen LogP contribution in [0.25, 0.3) is 0 Å². The molecule has 1 amide bonds. The number of aliphatic hydroxyl groups is 1. The van der Waals surface area contributed by atoms with Crippen LogP contribution in [0.1, 0.15) is 27.7 Å². The Hall–Kier alpha value is -1.56. The molecule has 0 spiro atoms. The molecule has 0 aromatic heterocycles. The minimum absolute atomic E-state index is 0.102. The van der Waals surface area contributed by atoms with E-state index in [-0.39, 0.29) is 24.6 Å². The third-order valence-corrected chi connectivity index (χ3v) is 8.98. The van der Waals surface area contributed by atoms with Crippen molar-refractivity contribution in [1.82, 2.24) is 4.90 Å². The van der Waals surface area contributed by atoms with Gasteiger partial charge in [0.2, 0.25) is 5.91 Å². The maximum Gasteiger partial charge on any atom is 0.502 e. The Morgan fingerprint density at radius 3 is 2.42 bits per heavy atom. The van der Waals surface area contributed by atoms with Crippen LogP contribution in [0, 0.1) is 11.8 Å². The second kappa shape index (κ2) is 9.51. The van der Waals surface area contributed by atoms with Gasteiger partial charge in [0.15, 0.2) is 0 Å². The smallest absolute Gasteiger partial charge is 0.459 e. The van der Waals surface area contributed by atoms with Crippen molar-refractivity contribution in [1.29, 1.82) is 0 Å². The summed E-state index contributed by atoms with van der Waals surface area (Å²) in [5.41, 5.74) is -0.797. The average Bonchev–Trinajstić information content (AvgIpc) is 3.36. The number of aliphatic hydroxyl groups excluding tert-OH is 1. The number of carbonyl (C=O) groups excluding carboxylic acids is 2. The number of rotatable bonds is 12. The van der Waals surface area contributed by atoms with E-state index in [0.717, 1.165) is 0 Å². The Labute approximate surface area is 184 Å². The molecule has 174 valence electrons. The van der Waals surface area contributed by atoms with Gasteiger partial charge in [-0.1, -0.05) is 18.7 Å². The zero-order chi connectivity index (χ0) is 22.8. The Morgan fingerprint density at radius 1 is 1.26 bits per heavy atom. The fourth-order valence-corrected chi connectivity index (χ4v) is 7.21. The van der Waals surface area contributed by atoms with Gasteiger partial charge in [0.1, 0.15) is 18.4 Å². The molecule has 0 aromatic rings.